The Morgan fingerprint density at radius 1 is 1.35 bits per heavy atom. The highest BCUT2D eigenvalue weighted by Crippen LogP contribution is 2.16. The molecular weight excluding hydrogens is 272 g/mol. The maximum absolute atomic E-state index is 12.3. The van der Waals surface area contributed by atoms with Crippen LogP contribution in [0.4, 0.5) is 0 Å². The smallest absolute Gasteiger partial charge is 0.317 e. The van der Waals surface area contributed by atoms with Gasteiger partial charge in [-0.05, 0) is 44.5 Å². The molecule has 6 heteroatoms. The van der Waals surface area contributed by atoms with Gasteiger partial charge in [0.15, 0.2) is 0 Å². The second-order valence-corrected chi connectivity index (χ2v) is 6.65. The van der Waals surface area contributed by atoms with E-state index in [-0.39, 0.29) is 5.69 Å². The molecule has 0 atom stereocenters. The molecule has 0 unspecified atom stereocenters. The minimum atomic E-state index is 0.0631. The van der Waals surface area contributed by atoms with Gasteiger partial charge in [-0.25, -0.2) is 9.48 Å². The molecule has 114 valence electrons. The lowest BCUT2D eigenvalue weighted by Gasteiger charge is -2.21. The van der Waals surface area contributed by atoms with Crippen LogP contribution in [-0.4, -0.2) is 38.9 Å². The first-order chi connectivity index (χ1) is 9.76. The van der Waals surface area contributed by atoms with Crippen molar-refractivity contribution >= 4 is 11.8 Å². The molecule has 0 aromatic carbocycles. The molecule has 0 spiro atoms. The van der Waals surface area contributed by atoms with Crippen molar-refractivity contribution in [2.75, 3.05) is 24.6 Å². The average Bonchev–Trinajstić information content (AvgIpc) is 2.76. The van der Waals surface area contributed by atoms with E-state index < -0.39 is 0 Å². The van der Waals surface area contributed by atoms with Crippen molar-refractivity contribution in [2.24, 2.45) is 5.92 Å². The Labute approximate surface area is 125 Å². The van der Waals surface area contributed by atoms with Crippen LogP contribution in [-0.2, 0) is 19.5 Å². The normalized spacial score (nSPS) is 16.7. The number of nitrogens with zero attached hydrogens (tertiary/aromatic N) is 3. The zero-order valence-electron chi connectivity index (χ0n) is 12.6. The summed E-state index contributed by atoms with van der Waals surface area (Å²) in [5.74, 6) is 3.70. The highest BCUT2D eigenvalue weighted by Gasteiger charge is 2.19. The molecule has 2 rings (SSSR count). The van der Waals surface area contributed by atoms with Crippen LogP contribution in [0, 0.1) is 5.92 Å². The van der Waals surface area contributed by atoms with Crippen molar-refractivity contribution in [1.29, 1.82) is 0 Å². The van der Waals surface area contributed by atoms with Gasteiger partial charge in [0.25, 0.3) is 0 Å². The summed E-state index contributed by atoms with van der Waals surface area (Å²) in [4.78, 5) is 12.3. The molecule has 0 bridgehead atoms. The summed E-state index contributed by atoms with van der Waals surface area (Å²) in [7, 11) is 0. The Kier molecular flexibility index (Phi) is 6.16. The summed E-state index contributed by atoms with van der Waals surface area (Å²) in [5, 5.41) is 7.96. The predicted octanol–water partition coefficient (Wildman–Crippen LogP) is 1.36. The highest BCUT2D eigenvalue weighted by atomic mass is 32.2. The fourth-order valence-electron chi connectivity index (χ4n) is 2.74. The molecule has 1 aromatic heterocycles. The first-order valence-electron chi connectivity index (χ1n) is 7.71. The van der Waals surface area contributed by atoms with Crippen LogP contribution in [0.1, 0.15) is 32.5 Å². The van der Waals surface area contributed by atoms with Crippen LogP contribution in [0.25, 0.3) is 0 Å². The van der Waals surface area contributed by atoms with E-state index in [1.54, 1.807) is 4.68 Å². The summed E-state index contributed by atoms with van der Waals surface area (Å²) in [5.41, 5.74) is 0.0631. The Hall–Kier alpha value is -0.750. The van der Waals surface area contributed by atoms with Gasteiger partial charge < -0.3 is 5.32 Å². The van der Waals surface area contributed by atoms with Gasteiger partial charge in [-0.15, -0.1) is 0 Å². The molecule has 5 nitrogen and oxygen atoms in total. The number of aryl methyl sites for hydroxylation is 1. The van der Waals surface area contributed by atoms with E-state index in [4.69, 9.17) is 0 Å². The van der Waals surface area contributed by atoms with Crippen molar-refractivity contribution in [3.05, 3.63) is 16.3 Å². The molecule has 0 saturated carbocycles. The van der Waals surface area contributed by atoms with Crippen molar-refractivity contribution in [1.82, 2.24) is 19.7 Å². The number of hydrogen-bond donors (Lipinski definition) is 1. The van der Waals surface area contributed by atoms with Gasteiger partial charge in [-0.2, -0.15) is 16.9 Å². The zero-order chi connectivity index (χ0) is 14.4. The molecule has 0 radical (unpaired) electrons. The average molecular weight is 298 g/mol. The number of piperidine rings is 1. The highest BCUT2D eigenvalue weighted by molar-refractivity contribution is 7.99. The fourth-order valence-corrected chi connectivity index (χ4v) is 3.33. The third kappa shape index (κ3) is 3.88. The van der Waals surface area contributed by atoms with Gasteiger partial charge in [0.1, 0.15) is 5.82 Å². The first kappa shape index (κ1) is 15.6. The molecule has 1 aliphatic heterocycles. The summed E-state index contributed by atoms with van der Waals surface area (Å²) < 4.78 is 3.50. The predicted molar refractivity (Wildman–Crippen MR) is 84.5 cm³/mol. The van der Waals surface area contributed by atoms with Gasteiger partial charge in [-0.1, -0.05) is 6.92 Å². The molecule has 20 heavy (non-hydrogen) atoms. The molecule has 0 aliphatic carbocycles. The van der Waals surface area contributed by atoms with Crippen LogP contribution in [0.15, 0.2) is 4.79 Å². The van der Waals surface area contributed by atoms with E-state index in [9.17, 15) is 4.79 Å². The molecule has 2 heterocycles. The number of hydrogen-bond acceptors (Lipinski definition) is 4. The van der Waals surface area contributed by atoms with E-state index in [2.05, 4.69) is 17.3 Å². The van der Waals surface area contributed by atoms with Crippen LogP contribution in [0.2, 0.25) is 0 Å². The van der Waals surface area contributed by atoms with E-state index >= 15 is 0 Å². The van der Waals surface area contributed by atoms with E-state index in [1.807, 2.05) is 23.3 Å². The Morgan fingerprint density at radius 2 is 2.10 bits per heavy atom. The van der Waals surface area contributed by atoms with Crippen molar-refractivity contribution < 1.29 is 0 Å². The maximum Gasteiger partial charge on any atom is 0.345 e. The SMILES string of the molecule is CCSCCn1nc(CC2CCNCC2)n(CC)c1=O. The van der Waals surface area contributed by atoms with Crippen molar-refractivity contribution in [3.8, 4) is 0 Å². The molecule has 1 fully saturated rings. The summed E-state index contributed by atoms with van der Waals surface area (Å²) in [6.07, 6.45) is 3.32. The molecule has 1 N–H and O–H groups in total. The van der Waals surface area contributed by atoms with Gasteiger partial charge >= 0.3 is 5.69 Å². The number of nitrogens with one attached hydrogen (secondary N) is 1. The van der Waals surface area contributed by atoms with Crippen LogP contribution >= 0.6 is 11.8 Å². The Morgan fingerprint density at radius 3 is 2.75 bits per heavy atom. The van der Waals surface area contributed by atoms with Crippen molar-refractivity contribution in [3.63, 3.8) is 0 Å². The van der Waals surface area contributed by atoms with Gasteiger partial charge in [0.2, 0.25) is 0 Å². The minimum absolute atomic E-state index is 0.0631. The molecule has 1 saturated heterocycles. The first-order valence-corrected chi connectivity index (χ1v) is 8.86. The quantitative estimate of drug-likeness (QED) is 0.772. The van der Waals surface area contributed by atoms with E-state index in [1.165, 1.54) is 12.8 Å². The summed E-state index contributed by atoms with van der Waals surface area (Å²) in [6, 6.07) is 0. The second kappa shape index (κ2) is 7.88. The lowest BCUT2D eigenvalue weighted by molar-refractivity contribution is 0.362. The Balaban J connectivity index is 2.06. The topological polar surface area (TPSA) is 51.9 Å². The fraction of sp³-hybridized carbons (Fsp3) is 0.857. The van der Waals surface area contributed by atoms with Crippen molar-refractivity contribution in [2.45, 2.75) is 46.2 Å². The third-order valence-corrected chi connectivity index (χ3v) is 4.78. The van der Waals surface area contributed by atoms with Crippen LogP contribution in [0.3, 0.4) is 0 Å². The Bertz CT molecular complexity index is 462. The van der Waals surface area contributed by atoms with Gasteiger partial charge in [0.05, 0.1) is 6.54 Å². The number of aromatic nitrogens is 3. The van der Waals surface area contributed by atoms with Gasteiger partial charge in [-0.3, -0.25) is 4.57 Å². The monoisotopic (exact) mass is 298 g/mol. The standard InChI is InChI=1S/C14H26N4OS/c1-3-17-13(11-12-5-7-15-8-6-12)16-18(14(17)19)9-10-20-4-2/h12,15H,3-11H2,1-2H3. The minimum Gasteiger partial charge on any atom is -0.317 e. The lowest BCUT2D eigenvalue weighted by Crippen LogP contribution is -2.30. The van der Waals surface area contributed by atoms with E-state index in [0.29, 0.717) is 5.92 Å². The summed E-state index contributed by atoms with van der Waals surface area (Å²) >= 11 is 1.85. The molecule has 1 aromatic rings. The van der Waals surface area contributed by atoms with Crippen LogP contribution in [0.5, 0.6) is 0 Å². The summed E-state index contributed by atoms with van der Waals surface area (Å²) in [6.45, 7) is 7.80. The zero-order valence-corrected chi connectivity index (χ0v) is 13.4. The lowest BCUT2D eigenvalue weighted by atomic mass is 9.94. The van der Waals surface area contributed by atoms with Gasteiger partial charge in [0, 0.05) is 18.7 Å². The maximum atomic E-state index is 12.3. The third-order valence-electron chi connectivity index (χ3n) is 3.90. The second-order valence-electron chi connectivity index (χ2n) is 5.26. The number of rotatable bonds is 7. The van der Waals surface area contributed by atoms with Crippen LogP contribution < -0.4 is 11.0 Å². The molecule has 0 amide bonds. The number of thioether (sulfide) groups is 1. The largest absolute Gasteiger partial charge is 0.345 e. The molecular formula is C14H26N4OS. The molecule has 1 aliphatic rings. The van der Waals surface area contributed by atoms with E-state index in [0.717, 1.165) is 49.9 Å².